The van der Waals surface area contributed by atoms with Gasteiger partial charge in [0.1, 0.15) is 0 Å². The Hall–Kier alpha value is -2.46. The van der Waals surface area contributed by atoms with Gasteiger partial charge in [-0.3, -0.25) is 0 Å². The highest BCUT2D eigenvalue weighted by Gasteiger charge is 2.25. The van der Waals surface area contributed by atoms with Crippen LogP contribution in [0.25, 0.3) is 0 Å². The largest absolute Gasteiger partial charge is 0.375 e. The van der Waals surface area contributed by atoms with Crippen molar-refractivity contribution in [1.29, 1.82) is 0 Å². The van der Waals surface area contributed by atoms with Crippen molar-refractivity contribution < 1.29 is 9.94 Å². The Balaban J connectivity index is 1.73. The van der Waals surface area contributed by atoms with Crippen LogP contribution in [-0.2, 0) is 11.3 Å². The molecule has 0 aliphatic carbocycles. The molecule has 1 N–H and O–H groups in total. The molecule has 0 fully saturated rings. The van der Waals surface area contributed by atoms with Crippen LogP contribution in [0.3, 0.4) is 0 Å². The van der Waals surface area contributed by atoms with Crippen molar-refractivity contribution in [3.63, 3.8) is 0 Å². The molecule has 0 aliphatic heterocycles. The fraction of sp³-hybridized carbons (Fsp3) is 0.217. The Labute approximate surface area is 155 Å². The minimum absolute atomic E-state index is 0.137. The SMILES string of the molecule is C[C@H](c1ccccc1)N(O)[C@H](COCc1ccccc1)c1ccccc1. The summed E-state index contributed by atoms with van der Waals surface area (Å²) in [6.07, 6.45) is 0. The van der Waals surface area contributed by atoms with Crippen LogP contribution < -0.4 is 0 Å². The average Bonchev–Trinajstić information content (AvgIpc) is 2.72. The first-order valence-corrected chi connectivity index (χ1v) is 8.94. The van der Waals surface area contributed by atoms with Gasteiger partial charge in [-0.25, -0.2) is 0 Å². The molecule has 0 saturated heterocycles. The van der Waals surface area contributed by atoms with Gasteiger partial charge in [0.05, 0.1) is 25.3 Å². The molecule has 0 aromatic heterocycles. The predicted molar refractivity (Wildman–Crippen MR) is 104 cm³/mol. The first-order chi connectivity index (χ1) is 12.8. The molecule has 3 aromatic carbocycles. The van der Waals surface area contributed by atoms with E-state index in [0.717, 1.165) is 16.7 Å². The Morgan fingerprint density at radius 3 is 1.85 bits per heavy atom. The van der Waals surface area contributed by atoms with Crippen LogP contribution in [-0.4, -0.2) is 16.9 Å². The molecule has 0 amide bonds. The van der Waals surface area contributed by atoms with Crippen LogP contribution in [0.4, 0.5) is 0 Å². The molecule has 0 radical (unpaired) electrons. The van der Waals surface area contributed by atoms with Gasteiger partial charge in [0.25, 0.3) is 0 Å². The molecule has 0 spiro atoms. The lowest BCUT2D eigenvalue weighted by Crippen LogP contribution is -2.31. The maximum Gasteiger partial charge on any atom is 0.0840 e. The third-order valence-electron chi connectivity index (χ3n) is 4.57. The molecule has 2 atom stereocenters. The van der Waals surface area contributed by atoms with E-state index in [-0.39, 0.29) is 12.1 Å². The van der Waals surface area contributed by atoms with E-state index in [0.29, 0.717) is 13.2 Å². The van der Waals surface area contributed by atoms with Crippen molar-refractivity contribution in [2.75, 3.05) is 6.61 Å². The van der Waals surface area contributed by atoms with E-state index in [1.54, 1.807) is 0 Å². The molecule has 0 unspecified atom stereocenters. The topological polar surface area (TPSA) is 32.7 Å². The number of ether oxygens (including phenoxy) is 1. The van der Waals surface area contributed by atoms with Gasteiger partial charge < -0.3 is 9.94 Å². The number of nitrogens with zero attached hydrogens (tertiary/aromatic N) is 1. The van der Waals surface area contributed by atoms with Crippen molar-refractivity contribution in [3.05, 3.63) is 108 Å². The average molecular weight is 347 g/mol. The molecule has 3 heteroatoms. The van der Waals surface area contributed by atoms with Crippen molar-refractivity contribution in [1.82, 2.24) is 5.06 Å². The summed E-state index contributed by atoms with van der Waals surface area (Å²) in [5.74, 6) is 0. The van der Waals surface area contributed by atoms with Gasteiger partial charge in [-0.05, 0) is 23.6 Å². The van der Waals surface area contributed by atoms with Crippen LogP contribution in [0.2, 0.25) is 0 Å². The maximum atomic E-state index is 10.9. The van der Waals surface area contributed by atoms with Gasteiger partial charge in [0.15, 0.2) is 0 Å². The van der Waals surface area contributed by atoms with Crippen LogP contribution in [0.1, 0.15) is 35.7 Å². The number of hydrogen-bond acceptors (Lipinski definition) is 3. The number of benzene rings is 3. The minimum Gasteiger partial charge on any atom is -0.375 e. The number of rotatable bonds is 8. The van der Waals surface area contributed by atoms with E-state index in [1.165, 1.54) is 5.06 Å². The molecular formula is C23H25NO2. The molecule has 0 heterocycles. The zero-order chi connectivity index (χ0) is 18.2. The van der Waals surface area contributed by atoms with E-state index in [9.17, 15) is 5.21 Å². The number of hydroxylamine groups is 2. The van der Waals surface area contributed by atoms with Gasteiger partial charge in [0, 0.05) is 0 Å². The second-order valence-electron chi connectivity index (χ2n) is 6.39. The third-order valence-corrected chi connectivity index (χ3v) is 4.57. The fourth-order valence-electron chi connectivity index (χ4n) is 3.02. The first kappa shape index (κ1) is 18.3. The zero-order valence-electron chi connectivity index (χ0n) is 15.0. The predicted octanol–water partition coefficient (Wildman–Crippen LogP) is 5.40. The van der Waals surface area contributed by atoms with Gasteiger partial charge in [0.2, 0.25) is 0 Å². The summed E-state index contributed by atoms with van der Waals surface area (Å²) in [5.41, 5.74) is 3.23. The maximum absolute atomic E-state index is 10.9. The minimum atomic E-state index is -0.241. The monoisotopic (exact) mass is 347 g/mol. The van der Waals surface area contributed by atoms with E-state index < -0.39 is 0 Å². The van der Waals surface area contributed by atoms with Gasteiger partial charge in [-0.15, -0.1) is 0 Å². The van der Waals surface area contributed by atoms with Gasteiger partial charge in [-0.2, -0.15) is 5.06 Å². The molecular weight excluding hydrogens is 322 g/mol. The highest BCUT2D eigenvalue weighted by molar-refractivity contribution is 5.22. The molecule has 3 nitrogen and oxygen atoms in total. The van der Waals surface area contributed by atoms with Crippen molar-refractivity contribution in [2.45, 2.75) is 25.6 Å². The lowest BCUT2D eigenvalue weighted by atomic mass is 10.0. The molecule has 134 valence electrons. The third kappa shape index (κ3) is 4.79. The first-order valence-electron chi connectivity index (χ1n) is 8.94. The molecule has 26 heavy (non-hydrogen) atoms. The summed E-state index contributed by atoms with van der Waals surface area (Å²) in [6, 6.07) is 29.7. The summed E-state index contributed by atoms with van der Waals surface area (Å²) in [6.45, 7) is 2.94. The lowest BCUT2D eigenvalue weighted by Gasteiger charge is -2.31. The zero-order valence-corrected chi connectivity index (χ0v) is 15.0. The van der Waals surface area contributed by atoms with Crippen LogP contribution in [0.15, 0.2) is 91.0 Å². The summed E-state index contributed by atoms with van der Waals surface area (Å²) in [5, 5.41) is 12.3. The highest BCUT2D eigenvalue weighted by Crippen LogP contribution is 2.29. The van der Waals surface area contributed by atoms with E-state index in [2.05, 4.69) is 0 Å². The van der Waals surface area contributed by atoms with Crippen LogP contribution >= 0.6 is 0 Å². The summed E-state index contributed by atoms with van der Waals surface area (Å²) in [4.78, 5) is 0. The van der Waals surface area contributed by atoms with Crippen LogP contribution in [0, 0.1) is 0 Å². The summed E-state index contributed by atoms with van der Waals surface area (Å²) >= 11 is 0. The lowest BCUT2D eigenvalue weighted by molar-refractivity contribution is -0.175. The highest BCUT2D eigenvalue weighted by atomic mass is 16.5. The van der Waals surface area contributed by atoms with E-state index in [4.69, 9.17) is 4.74 Å². The van der Waals surface area contributed by atoms with E-state index in [1.807, 2.05) is 97.9 Å². The van der Waals surface area contributed by atoms with Crippen LogP contribution in [0.5, 0.6) is 0 Å². The second-order valence-corrected chi connectivity index (χ2v) is 6.39. The molecule has 0 bridgehead atoms. The standard InChI is InChI=1S/C23H25NO2/c1-19(21-13-7-3-8-14-21)24(25)23(22-15-9-4-10-16-22)18-26-17-20-11-5-2-6-12-20/h2-16,19,23,25H,17-18H2,1H3/t19-,23-/m1/s1. The molecule has 0 aliphatic rings. The van der Waals surface area contributed by atoms with Crippen molar-refractivity contribution >= 4 is 0 Å². The quantitative estimate of drug-likeness (QED) is 0.554. The van der Waals surface area contributed by atoms with Crippen molar-refractivity contribution in [2.24, 2.45) is 0 Å². The smallest absolute Gasteiger partial charge is 0.0840 e. The molecule has 0 saturated carbocycles. The summed E-state index contributed by atoms with van der Waals surface area (Å²) in [7, 11) is 0. The Morgan fingerprint density at radius 1 is 0.769 bits per heavy atom. The normalized spacial score (nSPS) is 13.5. The van der Waals surface area contributed by atoms with Crippen molar-refractivity contribution in [3.8, 4) is 0 Å². The van der Waals surface area contributed by atoms with Gasteiger partial charge >= 0.3 is 0 Å². The fourth-order valence-corrected chi connectivity index (χ4v) is 3.02. The second kappa shape index (κ2) is 9.30. The Kier molecular flexibility index (Phi) is 6.56. The summed E-state index contributed by atoms with van der Waals surface area (Å²) < 4.78 is 5.94. The van der Waals surface area contributed by atoms with Gasteiger partial charge in [-0.1, -0.05) is 91.0 Å². The number of hydrogen-bond donors (Lipinski definition) is 1. The molecule has 3 aromatic rings. The van der Waals surface area contributed by atoms with E-state index >= 15 is 0 Å². The Bertz CT molecular complexity index is 762. The Morgan fingerprint density at radius 2 is 1.27 bits per heavy atom. The molecule has 3 rings (SSSR count).